The Kier molecular flexibility index (Phi) is 3.37. The van der Waals surface area contributed by atoms with E-state index in [1.165, 1.54) is 4.80 Å². The fourth-order valence-corrected chi connectivity index (χ4v) is 1.21. The van der Waals surface area contributed by atoms with Crippen LogP contribution in [0.5, 0.6) is 5.75 Å². The molecule has 0 saturated heterocycles. The molecule has 0 aliphatic rings. The Morgan fingerprint density at radius 2 is 2.17 bits per heavy atom. The van der Waals surface area contributed by atoms with Gasteiger partial charge in [0.1, 0.15) is 5.75 Å². The van der Waals surface area contributed by atoms with E-state index < -0.39 is 0 Å². The lowest BCUT2D eigenvalue weighted by Crippen LogP contribution is -2.21. The molecule has 0 fully saturated rings. The molecule has 18 heavy (non-hydrogen) atoms. The Labute approximate surface area is 103 Å². The zero-order valence-electron chi connectivity index (χ0n) is 9.70. The molecule has 0 bridgehead atoms. The van der Waals surface area contributed by atoms with Crippen molar-refractivity contribution in [3.05, 3.63) is 24.3 Å². The summed E-state index contributed by atoms with van der Waals surface area (Å²) in [6.45, 7) is -0.137. The van der Waals surface area contributed by atoms with Crippen LogP contribution in [0.3, 0.4) is 0 Å². The number of nitrogens with two attached hydrogens (primary N) is 1. The van der Waals surface area contributed by atoms with Crippen LogP contribution >= 0.6 is 0 Å². The summed E-state index contributed by atoms with van der Waals surface area (Å²) in [6.07, 6.45) is 0. The number of rotatable bonds is 4. The number of amides is 1. The summed E-state index contributed by atoms with van der Waals surface area (Å²) < 4.78 is 5.25. The summed E-state index contributed by atoms with van der Waals surface area (Å²) in [5, 5.41) is 13.5. The van der Waals surface area contributed by atoms with Crippen LogP contribution in [0, 0.1) is 0 Å². The summed E-state index contributed by atoms with van der Waals surface area (Å²) in [6, 6.07) is 6.75. The molecule has 0 saturated carbocycles. The second-order valence-electron chi connectivity index (χ2n) is 3.51. The van der Waals surface area contributed by atoms with Crippen LogP contribution in [0.2, 0.25) is 0 Å². The van der Waals surface area contributed by atoms with Crippen molar-refractivity contribution in [3.8, 4) is 5.75 Å². The summed E-state index contributed by atoms with van der Waals surface area (Å²) in [5.41, 5.74) is 6.16. The molecule has 1 aromatic heterocycles. The third-order valence-corrected chi connectivity index (χ3v) is 2.01. The van der Waals surface area contributed by atoms with E-state index in [0.717, 1.165) is 0 Å². The van der Waals surface area contributed by atoms with Gasteiger partial charge < -0.3 is 10.5 Å². The fraction of sp³-hybridized carbons (Fsp3) is 0.200. The first-order valence-corrected chi connectivity index (χ1v) is 5.15. The van der Waals surface area contributed by atoms with Gasteiger partial charge in [-0.1, -0.05) is 5.10 Å². The fourth-order valence-electron chi connectivity index (χ4n) is 1.21. The normalized spacial score (nSPS) is 10.1. The van der Waals surface area contributed by atoms with Crippen molar-refractivity contribution < 1.29 is 9.53 Å². The highest BCUT2D eigenvalue weighted by atomic mass is 16.5. The molecular formula is C10H12N6O2. The molecule has 3 N–H and O–H groups in total. The van der Waals surface area contributed by atoms with Crippen molar-refractivity contribution in [2.75, 3.05) is 17.7 Å². The SMILES string of the molecule is Cn1nnc(NC(=O)COc2ccc(N)cc2)n1. The highest BCUT2D eigenvalue weighted by molar-refractivity contribution is 5.90. The van der Waals surface area contributed by atoms with E-state index in [-0.39, 0.29) is 18.5 Å². The van der Waals surface area contributed by atoms with Gasteiger partial charge in [0.2, 0.25) is 0 Å². The van der Waals surface area contributed by atoms with Crippen molar-refractivity contribution in [2.45, 2.75) is 0 Å². The Morgan fingerprint density at radius 3 is 2.78 bits per heavy atom. The van der Waals surface area contributed by atoms with E-state index in [0.29, 0.717) is 11.4 Å². The molecule has 94 valence electrons. The van der Waals surface area contributed by atoms with E-state index >= 15 is 0 Å². The maximum Gasteiger partial charge on any atom is 0.270 e. The van der Waals surface area contributed by atoms with E-state index in [1.807, 2.05) is 0 Å². The number of ether oxygens (including phenoxy) is 1. The third kappa shape index (κ3) is 3.17. The number of anilines is 2. The lowest BCUT2D eigenvalue weighted by Gasteiger charge is -2.05. The first-order chi connectivity index (χ1) is 8.63. The number of aromatic nitrogens is 4. The molecule has 2 rings (SSSR count). The Balaban J connectivity index is 1.83. The van der Waals surface area contributed by atoms with E-state index in [9.17, 15) is 4.79 Å². The molecule has 1 aromatic carbocycles. The van der Waals surface area contributed by atoms with Crippen LogP contribution in [0.4, 0.5) is 11.6 Å². The van der Waals surface area contributed by atoms with E-state index in [4.69, 9.17) is 10.5 Å². The van der Waals surface area contributed by atoms with Crippen LogP contribution in [0.1, 0.15) is 0 Å². The summed E-state index contributed by atoms with van der Waals surface area (Å²) >= 11 is 0. The van der Waals surface area contributed by atoms with Crippen molar-refractivity contribution in [3.63, 3.8) is 0 Å². The van der Waals surface area contributed by atoms with Crippen molar-refractivity contribution in [1.82, 2.24) is 20.2 Å². The quantitative estimate of drug-likeness (QED) is 0.726. The van der Waals surface area contributed by atoms with E-state index in [2.05, 4.69) is 20.7 Å². The minimum absolute atomic E-state index is 0.137. The van der Waals surface area contributed by atoms with Crippen LogP contribution in [0.15, 0.2) is 24.3 Å². The molecule has 0 aliphatic heterocycles. The number of carbonyl (C=O) groups excluding carboxylic acids is 1. The topological polar surface area (TPSA) is 108 Å². The highest BCUT2D eigenvalue weighted by Crippen LogP contribution is 2.12. The summed E-state index contributed by atoms with van der Waals surface area (Å²) in [4.78, 5) is 12.7. The largest absolute Gasteiger partial charge is 0.484 e. The van der Waals surface area contributed by atoms with Gasteiger partial charge in [0.25, 0.3) is 11.9 Å². The third-order valence-electron chi connectivity index (χ3n) is 2.01. The number of carbonyl (C=O) groups is 1. The predicted molar refractivity (Wildman–Crippen MR) is 63.8 cm³/mol. The van der Waals surface area contributed by atoms with E-state index in [1.54, 1.807) is 31.3 Å². The molecule has 8 heteroatoms. The van der Waals surface area contributed by atoms with Crippen molar-refractivity contribution in [1.29, 1.82) is 0 Å². The van der Waals surface area contributed by atoms with Gasteiger partial charge in [-0.25, -0.2) is 0 Å². The van der Waals surface area contributed by atoms with Gasteiger partial charge in [0.15, 0.2) is 6.61 Å². The van der Waals surface area contributed by atoms with Crippen molar-refractivity contribution >= 4 is 17.5 Å². The molecule has 1 heterocycles. The number of tetrazole rings is 1. The number of nitrogen functional groups attached to an aromatic ring is 1. The number of benzene rings is 1. The number of hydrogen-bond acceptors (Lipinski definition) is 6. The maximum absolute atomic E-state index is 11.5. The number of nitrogens with one attached hydrogen (secondary N) is 1. The second-order valence-corrected chi connectivity index (χ2v) is 3.51. The molecule has 0 aliphatic carbocycles. The molecule has 1 amide bonds. The smallest absolute Gasteiger partial charge is 0.270 e. The van der Waals surface area contributed by atoms with Gasteiger partial charge in [-0.2, -0.15) is 4.80 Å². The lowest BCUT2D eigenvalue weighted by molar-refractivity contribution is -0.118. The highest BCUT2D eigenvalue weighted by Gasteiger charge is 2.07. The number of nitrogens with zero attached hydrogens (tertiary/aromatic N) is 4. The summed E-state index contributed by atoms with van der Waals surface area (Å²) in [7, 11) is 1.60. The molecule has 2 aromatic rings. The van der Waals surface area contributed by atoms with Gasteiger partial charge in [-0.15, -0.1) is 5.10 Å². The summed E-state index contributed by atoms with van der Waals surface area (Å²) in [5.74, 6) is 0.342. The minimum Gasteiger partial charge on any atom is -0.484 e. The Hall–Kier alpha value is -2.64. The molecule has 0 radical (unpaired) electrons. The monoisotopic (exact) mass is 248 g/mol. The first-order valence-electron chi connectivity index (χ1n) is 5.15. The molecular weight excluding hydrogens is 236 g/mol. The van der Waals surface area contributed by atoms with Crippen molar-refractivity contribution in [2.24, 2.45) is 7.05 Å². The number of aryl methyl sites for hydroxylation is 1. The lowest BCUT2D eigenvalue weighted by atomic mass is 10.3. The minimum atomic E-state index is -0.361. The molecule has 0 atom stereocenters. The van der Waals surface area contributed by atoms with Gasteiger partial charge in [-0.3, -0.25) is 10.1 Å². The van der Waals surface area contributed by atoms with Gasteiger partial charge in [0, 0.05) is 5.69 Å². The van der Waals surface area contributed by atoms with Crippen LogP contribution in [-0.2, 0) is 11.8 Å². The Morgan fingerprint density at radius 1 is 1.44 bits per heavy atom. The average Bonchev–Trinajstić information content (AvgIpc) is 2.74. The second kappa shape index (κ2) is 5.13. The average molecular weight is 248 g/mol. The predicted octanol–water partition coefficient (Wildman–Crippen LogP) is -0.190. The zero-order valence-corrected chi connectivity index (χ0v) is 9.70. The molecule has 0 spiro atoms. The zero-order chi connectivity index (χ0) is 13.0. The van der Waals surface area contributed by atoms with Gasteiger partial charge >= 0.3 is 0 Å². The molecule has 8 nitrogen and oxygen atoms in total. The Bertz CT molecular complexity index is 536. The first kappa shape index (κ1) is 11.8. The molecule has 0 unspecified atom stereocenters. The van der Waals surface area contributed by atoms with Crippen LogP contribution in [0.25, 0.3) is 0 Å². The van der Waals surface area contributed by atoms with Gasteiger partial charge in [0.05, 0.1) is 7.05 Å². The van der Waals surface area contributed by atoms with Gasteiger partial charge in [-0.05, 0) is 29.5 Å². The number of hydrogen-bond donors (Lipinski definition) is 2. The standard InChI is InChI=1S/C10H12N6O2/c1-16-14-10(13-15-16)12-9(17)6-18-8-4-2-7(11)3-5-8/h2-5H,6,11H2,1H3,(H,12,14,17). The van der Waals surface area contributed by atoms with Crippen LogP contribution in [-0.4, -0.2) is 32.7 Å². The van der Waals surface area contributed by atoms with Crippen LogP contribution < -0.4 is 15.8 Å². The maximum atomic E-state index is 11.5.